The van der Waals surface area contributed by atoms with Crippen LogP contribution >= 0.6 is 15.9 Å². The molecule has 4 nitrogen and oxygen atoms in total. The molecule has 5 heteroatoms. The third-order valence-corrected chi connectivity index (χ3v) is 5.68. The zero-order chi connectivity index (χ0) is 17.7. The van der Waals surface area contributed by atoms with Crippen LogP contribution in [0.5, 0.6) is 11.5 Å². The zero-order valence-corrected chi connectivity index (χ0v) is 15.1. The molecule has 1 aromatic heterocycles. The summed E-state index contributed by atoms with van der Waals surface area (Å²) in [6, 6.07) is 10.5. The molecule has 25 heavy (non-hydrogen) atoms. The number of rotatable bonds is 2. The van der Waals surface area contributed by atoms with E-state index < -0.39 is 0 Å². The van der Waals surface area contributed by atoms with Gasteiger partial charge in [-0.05, 0) is 75.3 Å². The first-order valence-corrected chi connectivity index (χ1v) is 8.64. The Morgan fingerprint density at radius 3 is 2.48 bits per heavy atom. The Kier molecular flexibility index (Phi) is 3.62. The summed E-state index contributed by atoms with van der Waals surface area (Å²) in [5.41, 5.74) is 12.6. The number of anilines is 1. The second-order valence-corrected chi connectivity index (χ2v) is 6.94. The average Bonchev–Trinajstić information content (AvgIpc) is 3.17. The quantitative estimate of drug-likeness (QED) is 0.576. The number of fused-ring (bicyclic) bond motifs is 1. The maximum absolute atomic E-state index is 10.3. The summed E-state index contributed by atoms with van der Waals surface area (Å²) < 4.78 is 6.36. The molecule has 126 valence electrons. The van der Waals surface area contributed by atoms with Crippen molar-refractivity contribution in [1.29, 1.82) is 0 Å². The standard InChI is InChI=1S/C20H16BrNO3/c1-10-13-8-14(11-2-4-12(23)5-3-11)18(20-16(22)6-7-25-20)15(13)9-17(24)19(10)21/h2-7,9,23-24H,8,22H2,1H3. The Morgan fingerprint density at radius 2 is 1.84 bits per heavy atom. The van der Waals surface area contributed by atoms with Crippen molar-refractivity contribution in [1.82, 2.24) is 0 Å². The third kappa shape index (κ3) is 2.43. The number of nitrogen functional groups attached to an aromatic ring is 1. The van der Waals surface area contributed by atoms with Gasteiger partial charge in [0, 0.05) is 11.6 Å². The molecule has 0 spiro atoms. The van der Waals surface area contributed by atoms with Crippen LogP contribution in [0.2, 0.25) is 0 Å². The average molecular weight is 398 g/mol. The van der Waals surface area contributed by atoms with Gasteiger partial charge in [-0.25, -0.2) is 0 Å². The summed E-state index contributed by atoms with van der Waals surface area (Å²) in [6.07, 6.45) is 2.26. The highest BCUT2D eigenvalue weighted by Gasteiger charge is 2.30. The fourth-order valence-electron chi connectivity index (χ4n) is 3.38. The predicted octanol–water partition coefficient (Wildman–Crippen LogP) is 4.86. The molecule has 0 saturated heterocycles. The smallest absolute Gasteiger partial charge is 0.157 e. The molecule has 4 N–H and O–H groups in total. The van der Waals surface area contributed by atoms with Gasteiger partial charge in [0.1, 0.15) is 11.5 Å². The van der Waals surface area contributed by atoms with E-state index in [0.29, 0.717) is 22.3 Å². The van der Waals surface area contributed by atoms with Crippen molar-refractivity contribution >= 4 is 32.8 Å². The van der Waals surface area contributed by atoms with Crippen molar-refractivity contribution in [3.63, 3.8) is 0 Å². The van der Waals surface area contributed by atoms with Crippen molar-refractivity contribution in [3.8, 4) is 11.5 Å². The van der Waals surface area contributed by atoms with Gasteiger partial charge < -0.3 is 20.4 Å². The molecule has 0 aliphatic heterocycles. The second kappa shape index (κ2) is 5.70. The maximum atomic E-state index is 10.3. The molecule has 0 amide bonds. The molecule has 0 saturated carbocycles. The molecule has 1 heterocycles. The first-order chi connectivity index (χ1) is 12.0. The summed E-state index contributed by atoms with van der Waals surface area (Å²) in [5.74, 6) is 1.00. The summed E-state index contributed by atoms with van der Waals surface area (Å²) in [5, 5.41) is 19.9. The normalized spacial score (nSPS) is 13.4. The number of allylic oxidation sites excluding steroid dienone is 1. The molecule has 3 aromatic rings. The lowest BCUT2D eigenvalue weighted by Crippen LogP contribution is -1.94. The van der Waals surface area contributed by atoms with Crippen LogP contribution in [0.1, 0.15) is 28.0 Å². The van der Waals surface area contributed by atoms with E-state index in [4.69, 9.17) is 10.2 Å². The lowest BCUT2D eigenvalue weighted by molar-refractivity contribution is 0.471. The minimum absolute atomic E-state index is 0.186. The van der Waals surface area contributed by atoms with E-state index in [0.717, 1.165) is 33.4 Å². The number of halogens is 1. The van der Waals surface area contributed by atoms with Gasteiger partial charge in [-0.1, -0.05) is 12.1 Å². The number of phenols is 2. The Labute approximate surface area is 153 Å². The topological polar surface area (TPSA) is 79.6 Å². The van der Waals surface area contributed by atoms with E-state index in [2.05, 4.69) is 15.9 Å². The van der Waals surface area contributed by atoms with Crippen molar-refractivity contribution in [2.24, 2.45) is 0 Å². The lowest BCUT2D eigenvalue weighted by atomic mass is 9.97. The molecule has 0 radical (unpaired) electrons. The van der Waals surface area contributed by atoms with E-state index in [1.54, 1.807) is 30.5 Å². The van der Waals surface area contributed by atoms with E-state index in [9.17, 15) is 10.2 Å². The van der Waals surface area contributed by atoms with Crippen LogP contribution in [0, 0.1) is 6.92 Å². The SMILES string of the molecule is Cc1c(Br)c(O)cc2c1CC(c1ccc(O)cc1)=C2c1occc1N. The Balaban J connectivity index is 2.02. The fourth-order valence-corrected chi connectivity index (χ4v) is 3.74. The monoisotopic (exact) mass is 397 g/mol. The Morgan fingerprint density at radius 1 is 1.12 bits per heavy atom. The maximum Gasteiger partial charge on any atom is 0.157 e. The minimum Gasteiger partial charge on any atom is -0.508 e. The lowest BCUT2D eigenvalue weighted by Gasteiger charge is -2.11. The largest absolute Gasteiger partial charge is 0.508 e. The van der Waals surface area contributed by atoms with Crippen LogP contribution in [-0.2, 0) is 6.42 Å². The van der Waals surface area contributed by atoms with Gasteiger partial charge >= 0.3 is 0 Å². The van der Waals surface area contributed by atoms with E-state index in [1.807, 2.05) is 19.1 Å². The van der Waals surface area contributed by atoms with Gasteiger partial charge in [0.25, 0.3) is 0 Å². The van der Waals surface area contributed by atoms with Gasteiger partial charge in [-0.15, -0.1) is 0 Å². The number of aromatic hydroxyl groups is 2. The van der Waals surface area contributed by atoms with Gasteiger partial charge in [0.15, 0.2) is 5.76 Å². The first-order valence-electron chi connectivity index (χ1n) is 7.84. The number of phenolic OH excluding ortho intramolecular Hbond substituents is 2. The van der Waals surface area contributed by atoms with Gasteiger partial charge in [-0.3, -0.25) is 0 Å². The highest BCUT2D eigenvalue weighted by molar-refractivity contribution is 9.10. The number of furan rings is 1. The number of benzene rings is 2. The minimum atomic E-state index is 0.186. The molecule has 0 unspecified atom stereocenters. The van der Waals surface area contributed by atoms with E-state index in [1.165, 1.54) is 0 Å². The molecule has 1 aliphatic rings. The first kappa shape index (κ1) is 15.8. The zero-order valence-electron chi connectivity index (χ0n) is 13.5. The van der Waals surface area contributed by atoms with Crippen LogP contribution in [0.4, 0.5) is 5.69 Å². The summed E-state index contributed by atoms with van der Waals surface area (Å²) in [4.78, 5) is 0. The van der Waals surface area contributed by atoms with Crippen LogP contribution in [0.15, 0.2) is 51.6 Å². The third-order valence-electron chi connectivity index (χ3n) is 4.68. The molecule has 0 atom stereocenters. The highest BCUT2D eigenvalue weighted by Crippen LogP contribution is 2.48. The van der Waals surface area contributed by atoms with Crippen LogP contribution in [0.25, 0.3) is 11.1 Å². The summed E-state index contributed by atoms with van der Waals surface area (Å²) >= 11 is 3.45. The van der Waals surface area contributed by atoms with Crippen molar-refractivity contribution in [2.45, 2.75) is 13.3 Å². The summed E-state index contributed by atoms with van der Waals surface area (Å²) in [6.45, 7) is 1.98. The van der Waals surface area contributed by atoms with Crippen LogP contribution < -0.4 is 5.73 Å². The molecule has 0 fully saturated rings. The van der Waals surface area contributed by atoms with Gasteiger partial charge in [-0.2, -0.15) is 0 Å². The van der Waals surface area contributed by atoms with Crippen LogP contribution in [0.3, 0.4) is 0 Å². The van der Waals surface area contributed by atoms with Crippen molar-refractivity contribution in [3.05, 3.63) is 75.1 Å². The van der Waals surface area contributed by atoms with E-state index >= 15 is 0 Å². The number of nitrogens with two attached hydrogens (primary N) is 1. The molecular weight excluding hydrogens is 382 g/mol. The highest BCUT2D eigenvalue weighted by atomic mass is 79.9. The molecule has 2 aromatic carbocycles. The van der Waals surface area contributed by atoms with Crippen molar-refractivity contribution in [2.75, 3.05) is 5.73 Å². The summed E-state index contributed by atoms with van der Waals surface area (Å²) in [7, 11) is 0. The fraction of sp³-hybridized carbons (Fsp3) is 0.100. The van der Waals surface area contributed by atoms with E-state index in [-0.39, 0.29) is 11.5 Å². The second-order valence-electron chi connectivity index (χ2n) is 6.14. The van der Waals surface area contributed by atoms with Crippen LogP contribution in [-0.4, -0.2) is 10.2 Å². The molecule has 4 rings (SSSR count). The predicted molar refractivity (Wildman–Crippen MR) is 101 cm³/mol. The molecular formula is C20H16BrNO3. The Bertz CT molecular complexity index is 1020. The van der Waals surface area contributed by atoms with Gasteiger partial charge in [0.05, 0.1) is 16.4 Å². The number of hydrogen-bond donors (Lipinski definition) is 3. The van der Waals surface area contributed by atoms with Gasteiger partial charge in [0.2, 0.25) is 0 Å². The Hall–Kier alpha value is -2.66. The molecule has 0 bridgehead atoms. The molecule has 1 aliphatic carbocycles. The number of hydrogen-bond acceptors (Lipinski definition) is 4. The van der Waals surface area contributed by atoms with Crippen molar-refractivity contribution < 1.29 is 14.6 Å².